The molecular formula is C16H18N2O3S. The van der Waals surface area contributed by atoms with Crippen LogP contribution < -0.4 is 9.57 Å². The largest absolute Gasteiger partial charge is 0.494 e. The van der Waals surface area contributed by atoms with Gasteiger partial charge in [0.2, 0.25) is 0 Å². The summed E-state index contributed by atoms with van der Waals surface area (Å²) < 4.78 is 29.4. The monoisotopic (exact) mass is 318 g/mol. The molecule has 0 bridgehead atoms. The van der Waals surface area contributed by atoms with Gasteiger partial charge >= 0.3 is 0 Å². The first kappa shape index (κ1) is 16.0. The van der Waals surface area contributed by atoms with E-state index in [1.54, 1.807) is 18.2 Å². The zero-order chi connectivity index (χ0) is 15.8. The van der Waals surface area contributed by atoms with E-state index in [1.807, 2.05) is 31.2 Å². The number of ether oxygens (including phenoxy) is 1. The van der Waals surface area contributed by atoms with Crippen LogP contribution in [0.2, 0.25) is 0 Å². The number of benzene rings is 2. The fourth-order valence-electron chi connectivity index (χ4n) is 1.69. The number of nitrogens with zero attached hydrogens (tertiary/aromatic N) is 1. The standard InChI is InChI=1S/C16H18N2O3S/c1-2-12-21-15-10-8-14(9-11-15)13-17-18-22(19,20)16-6-4-3-5-7-16/h3-11,13,18H,2,12H2,1H3. The maximum atomic E-state index is 11.9. The molecule has 0 aromatic heterocycles. The van der Waals surface area contributed by atoms with Crippen LogP contribution in [-0.4, -0.2) is 21.2 Å². The highest BCUT2D eigenvalue weighted by molar-refractivity contribution is 7.89. The summed E-state index contributed by atoms with van der Waals surface area (Å²) >= 11 is 0. The normalized spacial score (nSPS) is 11.5. The smallest absolute Gasteiger partial charge is 0.276 e. The van der Waals surface area contributed by atoms with Gasteiger partial charge in [0, 0.05) is 0 Å². The molecule has 0 saturated carbocycles. The van der Waals surface area contributed by atoms with E-state index in [9.17, 15) is 8.42 Å². The van der Waals surface area contributed by atoms with E-state index in [1.165, 1.54) is 18.3 Å². The molecule has 22 heavy (non-hydrogen) atoms. The topological polar surface area (TPSA) is 67.8 Å². The summed E-state index contributed by atoms with van der Waals surface area (Å²) in [5, 5.41) is 3.78. The highest BCUT2D eigenvalue weighted by Gasteiger charge is 2.10. The second kappa shape index (κ2) is 7.61. The molecule has 1 N–H and O–H groups in total. The summed E-state index contributed by atoms with van der Waals surface area (Å²) in [5.74, 6) is 0.781. The fraction of sp³-hybridized carbons (Fsp3) is 0.188. The van der Waals surface area contributed by atoms with Crippen molar-refractivity contribution < 1.29 is 13.2 Å². The van der Waals surface area contributed by atoms with Crippen molar-refractivity contribution in [2.24, 2.45) is 5.10 Å². The van der Waals surface area contributed by atoms with Crippen molar-refractivity contribution in [1.82, 2.24) is 4.83 Å². The van der Waals surface area contributed by atoms with Crippen molar-refractivity contribution >= 4 is 16.2 Å². The van der Waals surface area contributed by atoms with Crippen molar-refractivity contribution in [1.29, 1.82) is 0 Å². The van der Waals surface area contributed by atoms with E-state index in [-0.39, 0.29) is 4.90 Å². The lowest BCUT2D eigenvalue weighted by Gasteiger charge is -2.04. The minimum Gasteiger partial charge on any atom is -0.494 e. The molecule has 0 radical (unpaired) electrons. The Bertz CT molecular complexity index is 711. The number of hydrogen-bond acceptors (Lipinski definition) is 4. The van der Waals surface area contributed by atoms with Crippen LogP contribution in [0.3, 0.4) is 0 Å². The Kier molecular flexibility index (Phi) is 5.55. The van der Waals surface area contributed by atoms with Crippen molar-refractivity contribution in [3.8, 4) is 5.75 Å². The van der Waals surface area contributed by atoms with Gasteiger partial charge in [0.25, 0.3) is 10.0 Å². The van der Waals surface area contributed by atoms with Crippen LogP contribution in [0, 0.1) is 0 Å². The van der Waals surface area contributed by atoms with Crippen LogP contribution in [0.25, 0.3) is 0 Å². The van der Waals surface area contributed by atoms with Gasteiger partial charge in [0.05, 0.1) is 17.7 Å². The molecule has 2 rings (SSSR count). The third-order valence-corrected chi connectivity index (χ3v) is 4.03. The Morgan fingerprint density at radius 3 is 2.41 bits per heavy atom. The van der Waals surface area contributed by atoms with Crippen LogP contribution in [0.1, 0.15) is 18.9 Å². The molecule has 5 nitrogen and oxygen atoms in total. The van der Waals surface area contributed by atoms with Crippen LogP contribution in [0.15, 0.2) is 64.6 Å². The predicted octanol–water partition coefficient (Wildman–Crippen LogP) is 2.79. The first-order chi connectivity index (χ1) is 10.6. The van der Waals surface area contributed by atoms with Crippen LogP contribution in [-0.2, 0) is 10.0 Å². The van der Waals surface area contributed by atoms with Gasteiger partial charge in [0.15, 0.2) is 0 Å². The van der Waals surface area contributed by atoms with Crippen molar-refractivity contribution in [2.45, 2.75) is 18.2 Å². The van der Waals surface area contributed by atoms with Crippen LogP contribution in [0.5, 0.6) is 5.75 Å². The van der Waals surface area contributed by atoms with Gasteiger partial charge in [-0.1, -0.05) is 25.1 Å². The maximum absolute atomic E-state index is 11.9. The minimum absolute atomic E-state index is 0.176. The van der Waals surface area contributed by atoms with Crippen molar-refractivity contribution in [3.63, 3.8) is 0 Å². The Morgan fingerprint density at radius 2 is 1.77 bits per heavy atom. The lowest BCUT2D eigenvalue weighted by Crippen LogP contribution is -2.18. The fourth-order valence-corrected chi connectivity index (χ4v) is 2.50. The Labute approximate surface area is 130 Å². The van der Waals surface area contributed by atoms with E-state index in [0.29, 0.717) is 6.61 Å². The number of nitrogens with one attached hydrogen (secondary N) is 1. The molecule has 6 heteroatoms. The van der Waals surface area contributed by atoms with Gasteiger partial charge in [-0.3, -0.25) is 0 Å². The molecule has 0 saturated heterocycles. The molecular weight excluding hydrogens is 300 g/mol. The van der Waals surface area contributed by atoms with E-state index < -0.39 is 10.0 Å². The molecule has 0 aliphatic heterocycles. The van der Waals surface area contributed by atoms with E-state index >= 15 is 0 Å². The number of sulfonamides is 1. The SMILES string of the molecule is CCCOc1ccc(C=NNS(=O)(=O)c2ccccc2)cc1. The Hall–Kier alpha value is -2.34. The third-order valence-electron chi connectivity index (χ3n) is 2.79. The van der Waals surface area contributed by atoms with Gasteiger partial charge in [-0.05, 0) is 48.4 Å². The van der Waals surface area contributed by atoms with Gasteiger partial charge in [0.1, 0.15) is 5.75 Å². The summed E-state index contributed by atoms with van der Waals surface area (Å²) in [4.78, 5) is 2.36. The molecule has 0 spiro atoms. The van der Waals surface area contributed by atoms with E-state index in [2.05, 4.69) is 9.93 Å². The summed E-state index contributed by atoms with van der Waals surface area (Å²) in [7, 11) is -3.62. The first-order valence-corrected chi connectivity index (χ1v) is 8.43. The van der Waals surface area contributed by atoms with E-state index in [4.69, 9.17) is 4.74 Å². The molecule has 0 atom stereocenters. The maximum Gasteiger partial charge on any atom is 0.276 e. The average molecular weight is 318 g/mol. The lowest BCUT2D eigenvalue weighted by atomic mass is 10.2. The van der Waals surface area contributed by atoms with Gasteiger partial charge < -0.3 is 4.74 Å². The molecule has 116 valence electrons. The van der Waals surface area contributed by atoms with E-state index in [0.717, 1.165) is 17.7 Å². The highest BCUT2D eigenvalue weighted by Crippen LogP contribution is 2.11. The molecule has 0 aliphatic carbocycles. The summed E-state index contributed by atoms with van der Waals surface area (Å²) in [6.45, 7) is 2.71. The third kappa shape index (κ3) is 4.60. The predicted molar refractivity (Wildman–Crippen MR) is 86.6 cm³/mol. The summed E-state index contributed by atoms with van der Waals surface area (Å²) in [6.07, 6.45) is 2.40. The highest BCUT2D eigenvalue weighted by atomic mass is 32.2. The average Bonchev–Trinajstić information content (AvgIpc) is 2.55. The molecule has 0 fully saturated rings. The zero-order valence-corrected chi connectivity index (χ0v) is 13.1. The molecule has 0 unspecified atom stereocenters. The second-order valence-electron chi connectivity index (χ2n) is 4.58. The van der Waals surface area contributed by atoms with Gasteiger partial charge in [-0.25, -0.2) is 4.83 Å². The minimum atomic E-state index is -3.62. The molecule has 0 heterocycles. The van der Waals surface area contributed by atoms with Gasteiger partial charge in [-0.2, -0.15) is 13.5 Å². The summed E-state index contributed by atoms with van der Waals surface area (Å²) in [6, 6.07) is 15.4. The molecule has 2 aromatic rings. The summed E-state index contributed by atoms with van der Waals surface area (Å²) in [5.41, 5.74) is 0.777. The molecule has 0 aliphatic rings. The second-order valence-corrected chi connectivity index (χ2v) is 6.24. The molecule has 2 aromatic carbocycles. The number of hydrogen-bond donors (Lipinski definition) is 1. The Morgan fingerprint density at radius 1 is 1.09 bits per heavy atom. The quantitative estimate of drug-likeness (QED) is 0.630. The van der Waals surface area contributed by atoms with Crippen molar-refractivity contribution in [2.75, 3.05) is 6.61 Å². The Balaban J connectivity index is 1.97. The zero-order valence-electron chi connectivity index (χ0n) is 12.3. The lowest BCUT2D eigenvalue weighted by molar-refractivity contribution is 0.317. The molecule has 0 amide bonds. The van der Waals surface area contributed by atoms with Gasteiger partial charge in [-0.15, -0.1) is 0 Å². The number of rotatable bonds is 7. The van der Waals surface area contributed by atoms with Crippen LogP contribution in [0.4, 0.5) is 0 Å². The first-order valence-electron chi connectivity index (χ1n) is 6.94. The van der Waals surface area contributed by atoms with Crippen molar-refractivity contribution in [3.05, 3.63) is 60.2 Å². The van der Waals surface area contributed by atoms with Crippen LogP contribution >= 0.6 is 0 Å². The number of hydrazone groups is 1.